The van der Waals surface area contributed by atoms with Crippen LogP contribution in [0, 0.1) is 11.8 Å². The number of nitrogens with one attached hydrogen (secondary N) is 2. The summed E-state index contributed by atoms with van der Waals surface area (Å²) < 4.78 is 5.49. The largest absolute Gasteiger partial charge is 0.368 e. The number of carbonyl (C=O) groups is 1. The van der Waals surface area contributed by atoms with Gasteiger partial charge in [-0.3, -0.25) is 4.79 Å². The van der Waals surface area contributed by atoms with Crippen molar-refractivity contribution in [1.29, 1.82) is 0 Å². The summed E-state index contributed by atoms with van der Waals surface area (Å²) in [6, 6.07) is 0.242. The van der Waals surface area contributed by atoms with E-state index in [1.807, 2.05) is 0 Å². The summed E-state index contributed by atoms with van der Waals surface area (Å²) in [5, 5.41) is 6.50. The molecule has 4 atom stereocenters. The van der Waals surface area contributed by atoms with Crippen molar-refractivity contribution in [3.05, 3.63) is 0 Å². The molecular weight excluding hydrogens is 216 g/mol. The minimum atomic E-state index is -0.228. The van der Waals surface area contributed by atoms with E-state index in [2.05, 4.69) is 24.5 Å². The van der Waals surface area contributed by atoms with Gasteiger partial charge in [-0.1, -0.05) is 6.92 Å². The summed E-state index contributed by atoms with van der Waals surface area (Å²) in [4.78, 5) is 12.1. The Kier molecular flexibility index (Phi) is 4.40. The molecule has 4 heteroatoms. The Bertz CT molecular complexity index is 264. The van der Waals surface area contributed by atoms with Crippen molar-refractivity contribution in [2.45, 2.75) is 45.3 Å². The fraction of sp³-hybridized carbons (Fsp3) is 0.923. The zero-order valence-corrected chi connectivity index (χ0v) is 10.9. The van der Waals surface area contributed by atoms with Crippen molar-refractivity contribution in [2.75, 3.05) is 19.7 Å². The highest BCUT2D eigenvalue weighted by Gasteiger charge is 2.32. The van der Waals surface area contributed by atoms with Crippen molar-refractivity contribution in [2.24, 2.45) is 11.8 Å². The number of carbonyl (C=O) groups excluding carboxylic acids is 1. The summed E-state index contributed by atoms with van der Waals surface area (Å²) >= 11 is 0. The number of hydrogen-bond acceptors (Lipinski definition) is 3. The third-order valence-electron chi connectivity index (χ3n) is 4.06. The van der Waals surface area contributed by atoms with Crippen LogP contribution in [0.15, 0.2) is 0 Å². The zero-order chi connectivity index (χ0) is 12.3. The fourth-order valence-electron chi connectivity index (χ4n) is 2.76. The minimum Gasteiger partial charge on any atom is -0.368 e. The Labute approximate surface area is 103 Å². The molecule has 2 N–H and O–H groups in total. The lowest BCUT2D eigenvalue weighted by Gasteiger charge is -2.30. The topological polar surface area (TPSA) is 50.4 Å². The second kappa shape index (κ2) is 5.83. The molecule has 1 amide bonds. The monoisotopic (exact) mass is 240 g/mol. The molecule has 0 spiro atoms. The number of amides is 1. The molecule has 0 saturated carbocycles. The van der Waals surface area contributed by atoms with Crippen molar-refractivity contribution in [3.63, 3.8) is 0 Å². The summed E-state index contributed by atoms with van der Waals surface area (Å²) in [6.45, 7) is 7.04. The highest BCUT2D eigenvalue weighted by atomic mass is 16.5. The van der Waals surface area contributed by atoms with Crippen LogP contribution in [-0.2, 0) is 9.53 Å². The highest BCUT2D eigenvalue weighted by molar-refractivity contribution is 5.81. The van der Waals surface area contributed by atoms with E-state index in [9.17, 15) is 4.79 Å². The average Bonchev–Trinajstić information content (AvgIpc) is 2.76. The van der Waals surface area contributed by atoms with Crippen LogP contribution in [0.1, 0.15) is 33.1 Å². The normalized spacial score (nSPS) is 35.5. The van der Waals surface area contributed by atoms with Gasteiger partial charge in [0.1, 0.15) is 6.10 Å². The standard InChI is InChI=1S/C13H24N2O2/c1-9-5-7-17-12(9)13(16)15-10(2)11-4-3-6-14-8-11/h9-12,14H,3-8H2,1-2H3,(H,15,16). The van der Waals surface area contributed by atoms with Crippen LogP contribution in [0.2, 0.25) is 0 Å². The summed E-state index contributed by atoms with van der Waals surface area (Å²) in [5.41, 5.74) is 0. The number of hydrogen-bond donors (Lipinski definition) is 2. The molecule has 4 unspecified atom stereocenters. The molecule has 2 rings (SSSR count). The Morgan fingerprint density at radius 3 is 2.88 bits per heavy atom. The van der Waals surface area contributed by atoms with E-state index in [1.54, 1.807) is 0 Å². The van der Waals surface area contributed by atoms with E-state index in [0.717, 1.165) is 26.1 Å². The fourth-order valence-corrected chi connectivity index (χ4v) is 2.76. The summed E-state index contributed by atoms with van der Waals surface area (Å²) in [7, 11) is 0. The van der Waals surface area contributed by atoms with Crippen molar-refractivity contribution < 1.29 is 9.53 Å². The van der Waals surface area contributed by atoms with E-state index in [0.29, 0.717) is 11.8 Å². The van der Waals surface area contributed by atoms with Crippen molar-refractivity contribution >= 4 is 5.91 Å². The van der Waals surface area contributed by atoms with Crippen LogP contribution in [0.25, 0.3) is 0 Å². The molecule has 98 valence electrons. The zero-order valence-electron chi connectivity index (χ0n) is 10.9. The Hall–Kier alpha value is -0.610. The molecular formula is C13H24N2O2. The van der Waals surface area contributed by atoms with Crippen LogP contribution in [0.4, 0.5) is 0 Å². The molecule has 4 nitrogen and oxygen atoms in total. The second-order valence-electron chi connectivity index (χ2n) is 5.46. The van der Waals surface area contributed by atoms with E-state index < -0.39 is 0 Å². The third-order valence-corrected chi connectivity index (χ3v) is 4.06. The van der Waals surface area contributed by atoms with Gasteiger partial charge in [0.25, 0.3) is 0 Å². The molecule has 17 heavy (non-hydrogen) atoms. The molecule has 0 aromatic carbocycles. The molecule has 2 fully saturated rings. The first kappa shape index (κ1) is 12.8. The van der Waals surface area contributed by atoms with Gasteiger partial charge in [-0.2, -0.15) is 0 Å². The maximum Gasteiger partial charge on any atom is 0.249 e. The van der Waals surface area contributed by atoms with Gasteiger partial charge >= 0.3 is 0 Å². The van der Waals surface area contributed by atoms with Crippen LogP contribution in [-0.4, -0.2) is 37.7 Å². The van der Waals surface area contributed by atoms with Gasteiger partial charge < -0.3 is 15.4 Å². The number of ether oxygens (including phenoxy) is 1. The van der Waals surface area contributed by atoms with E-state index >= 15 is 0 Å². The number of rotatable bonds is 3. The first-order valence-electron chi connectivity index (χ1n) is 6.81. The van der Waals surface area contributed by atoms with Gasteiger partial charge in [0, 0.05) is 12.6 Å². The smallest absolute Gasteiger partial charge is 0.249 e. The first-order chi connectivity index (χ1) is 8.18. The van der Waals surface area contributed by atoms with Gasteiger partial charge in [-0.05, 0) is 51.1 Å². The molecule has 2 aliphatic rings. The molecule has 2 aliphatic heterocycles. The molecule has 0 bridgehead atoms. The molecule has 2 saturated heterocycles. The SMILES string of the molecule is CC1CCOC1C(=O)NC(C)C1CCCNC1. The lowest BCUT2D eigenvalue weighted by Crippen LogP contribution is -2.48. The average molecular weight is 240 g/mol. The van der Waals surface area contributed by atoms with Crippen LogP contribution < -0.4 is 10.6 Å². The lowest BCUT2D eigenvalue weighted by atomic mass is 9.92. The van der Waals surface area contributed by atoms with Gasteiger partial charge in [0.15, 0.2) is 0 Å². The van der Waals surface area contributed by atoms with Gasteiger partial charge in [-0.15, -0.1) is 0 Å². The quantitative estimate of drug-likeness (QED) is 0.771. The van der Waals surface area contributed by atoms with E-state index in [1.165, 1.54) is 12.8 Å². The Morgan fingerprint density at radius 1 is 1.47 bits per heavy atom. The van der Waals surface area contributed by atoms with Crippen LogP contribution >= 0.6 is 0 Å². The highest BCUT2D eigenvalue weighted by Crippen LogP contribution is 2.21. The Balaban J connectivity index is 1.80. The summed E-state index contributed by atoms with van der Waals surface area (Å²) in [5.74, 6) is 0.990. The lowest BCUT2D eigenvalue weighted by molar-refractivity contribution is -0.132. The van der Waals surface area contributed by atoms with Crippen molar-refractivity contribution in [3.8, 4) is 0 Å². The van der Waals surface area contributed by atoms with Crippen LogP contribution in [0.5, 0.6) is 0 Å². The maximum absolute atomic E-state index is 12.1. The minimum absolute atomic E-state index is 0.0769. The second-order valence-corrected chi connectivity index (χ2v) is 5.46. The van der Waals surface area contributed by atoms with E-state index in [-0.39, 0.29) is 18.1 Å². The predicted molar refractivity (Wildman–Crippen MR) is 66.7 cm³/mol. The maximum atomic E-state index is 12.1. The molecule has 0 aromatic heterocycles. The van der Waals surface area contributed by atoms with E-state index in [4.69, 9.17) is 4.74 Å². The predicted octanol–water partition coefficient (Wildman–Crippen LogP) is 0.916. The number of piperidine rings is 1. The molecule has 0 aliphatic carbocycles. The van der Waals surface area contributed by atoms with Gasteiger partial charge in [0.2, 0.25) is 5.91 Å². The van der Waals surface area contributed by atoms with Crippen molar-refractivity contribution in [1.82, 2.24) is 10.6 Å². The van der Waals surface area contributed by atoms with Gasteiger partial charge in [-0.25, -0.2) is 0 Å². The molecule has 0 aromatic rings. The molecule has 2 heterocycles. The van der Waals surface area contributed by atoms with Crippen LogP contribution in [0.3, 0.4) is 0 Å². The third kappa shape index (κ3) is 3.19. The Morgan fingerprint density at radius 2 is 2.29 bits per heavy atom. The molecule has 0 radical (unpaired) electrons. The van der Waals surface area contributed by atoms with Gasteiger partial charge in [0.05, 0.1) is 0 Å². The first-order valence-corrected chi connectivity index (χ1v) is 6.81. The summed E-state index contributed by atoms with van der Waals surface area (Å²) in [6.07, 6.45) is 3.18.